The van der Waals surface area contributed by atoms with Gasteiger partial charge in [0.1, 0.15) is 0 Å². The van der Waals surface area contributed by atoms with Crippen LogP contribution in [-0.4, -0.2) is 11.2 Å². The normalized spacial score (nSPS) is 9.42. The van der Waals surface area contributed by atoms with Gasteiger partial charge in [-0.2, -0.15) is 0 Å². The van der Waals surface area contributed by atoms with Crippen molar-refractivity contribution in [1.29, 1.82) is 0 Å². The number of hydrogen-bond acceptors (Lipinski definition) is 3. The van der Waals surface area contributed by atoms with Crippen LogP contribution < -0.4 is 0 Å². The molecule has 4 nitrogen and oxygen atoms in total. The predicted molar refractivity (Wildman–Crippen MR) is 43.2 cm³/mol. The lowest BCUT2D eigenvalue weighted by atomic mass is 10.1. The van der Waals surface area contributed by atoms with Crippen LogP contribution in [0.1, 0.15) is 15.9 Å². The first-order chi connectivity index (χ1) is 5.66. The van der Waals surface area contributed by atoms with E-state index in [1.165, 1.54) is 6.07 Å². The minimum Gasteiger partial charge on any atom is -0.298 e. The molecule has 0 atom stereocenters. The highest BCUT2D eigenvalue weighted by atomic mass is 16.6. The second kappa shape index (κ2) is 3.13. The third kappa shape index (κ3) is 1.32. The lowest BCUT2D eigenvalue weighted by Gasteiger charge is -1.97. The Balaban J connectivity index is 3.37. The number of aryl methyl sites for hydroxylation is 1. The summed E-state index contributed by atoms with van der Waals surface area (Å²) in [5.74, 6) is 0. The lowest BCUT2D eigenvalue weighted by molar-refractivity contribution is -0.385. The summed E-state index contributed by atoms with van der Waals surface area (Å²) in [7, 11) is 0. The molecule has 1 aromatic rings. The van der Waals surface area contributed by atoms with E-state index in [4.69, 9.17) is 0 Å². The van der Waals surface area contributed by atoms with Gasteiger partial charge in [0.2, 0.25) is 0 Å². The molecular weight excluding hydrogens is 158 g/mol. The third-order valence-corrected chi connectivity index (χ3v) is 1.62. The zero-order valence-corrected chi connectivity index (χ0v) is 6.48. The summed E-state index contributed by atoms with van der Waals surface area (Å²) < 4.78 is 0. The van der Waals surface area contributed by atoms with Gasteiger partial charge in [0.25, 0.3) is 5.69 Å². The fraction of sp³-hybridized carbons (Fsp3) is 0.125. The zero-order valence-electron chi connectivity index (χ0n) is 6.48. The van der Waals surface area contributed by atoms with E-state index in [1.807, 2.05) is 0 Å². The van der Waals surface area contributed by atoms with Crippen molar-refractivity contribution >= 4 is 12.0 Å². The number of rotatable bonds is 2. The summed E-state index contributed by atoms with van der Waals surface area (Å²) in [6, 6.07) is 4.54. The number of aldehydes is 1. The monoisotopic (exact) mass is 165 g/mol. The maximum Gasteiger partial charge on any atom is 0.280 e. The molecule has 0 aliphatic heterocycles. The maximum absolute atomic E-state index is 10.4. The van der Waals surface area contributed by atoms with Crippen molar-refractivity contribution in [2.24, 2.45) is 0 Å². The molecule has 4 heteroatoms. The van der Waals surface area contributed by atoms with Gasteiger partial charge in [-0.05, 0) is 12.5 Å². The van der Waals surface area contributed by atoms with Gasteiger partial charge < -0.3 is 0 Å². The quantitative estimate of drug-likeness (QED) is 0.380. The minimum absolute atomic E-state index is 0.134. The standard InChI is InChI=1S/C8H7NO3/c1-6-3-2-4-8(9(11)12)7(6)5-10/h2-5H,1H3. The highest BCUT2D eigenvalue weighted by Crippen LogP contribution is 2.18. The Bertz CT molecular complexity index is 333. The largest absolute Gasteiger partial charge is 0.298 e. The Labute approximate surface area is 69.0 Å². The third-order valence-electron chi connectivity index (χ3n) is 1.62. The summed E-state index contributed by atoms with van der Waals surface area (Å²) in [4.78, 5) is 20.3. The van der Waals surface area contributed by atoms with Gasteiger partial charge >= 0.3 is 0 Å². The number of nitro groups is 1. The average Bonchev–Trinajstić information content (AvgIpc) is 2.03. The molecule has 12 heavy (non-hydrogen) atoms. The molecular formula is C8H7NO3. The molecule has 0 aromatic heterocycles. The molecule has 0 aliphatic rings. The van der Waals surface area contributed by atoms with Crippen molar-refractivity contribution in [2.45, 2.75) is 6.92 Å². The van der Waals surface area contributed by atoms with Crippen molar-refractivity contribution < 1.29 is 9.72 Å². The first kappa shape index (κ1) is 8.39. The van der Waals surface area contributed by atoms with Crippen LogP contribution in [0.3, 0.4) is 0 Å². The molecule has 1 rings (SSSR count). The highest BCUT2D eigenvalue weighted by Gasteiger charge is 2.13. The Kier molecular flexibility index (Phi) is 2.19. The van der Waals surface area contributed by atoms with Crippen LogP contribution in [-0.2, 0) is 0 Å². The molecule has 0 unspecified atom stereocenters. The van der Waals surface area contributed by atoms with Crippen LogP contribution in [0.5, 0.6) is 0 Å². The molecule has 0 aliphatic carbocycles. The van der Waals surface area contributed by atoms with Crippen LogP contribution >= 0.6 is 0 Å². The van der Waals surface area contributed by atoms with Gasteiger partial charge in [-0.25, -0.2) is 0 Å². The van der Waals surface area contributed by atoms with Crippen molar-refractivity contribution in [3.63, 3.8) is 0 Å². The molecule has 0 radical (unpaired) electrons. The lowest BCUT2D eigenvalue weighted by Crippen LogP contribution is -1.96. The number of hydrogen-bond donors (Lipinski definition) is 0. The Morgan fingerprint density at radius 3 is 2.58 bits per heavy atom. The number of nitrogens with zero attached hydrogens (tertiary/aromatic N) is 1. The SMILES string of the molecule is Cc1cccc([N+](=O)[O-])c1C=O. The van der Waals surface area contributed by atoms with Crippen LogP contribution in [0, 0.1) is 17.0 Å². The van der Waals surface area contributed by atoms with Gasteiger partial charge in [-0.3, -0.25) is 14.9 Å². The summed E-state index contributed by atoms with van der Waals surface area (Å²) in [6.45, 7) is 1.66. The van der Waals surface area contributed by atoms with Crippen molar-refractivity contribution in [3.8, 4) is 0 Å². The van der Waals surface area contributed by atoms with E-state index < -0.39 is 4.92 Å². The first-order valence-electron chi connectivity index (χ1n) is 3.36. The van der Waals surface area contributed by atoms with Crippen LogP contribution in [0.4, 0.5) is 5.69 Å². The summed E-state index contributed by atoms with van der Waals surface area (Å²) in [5.41, 5.74) is 0.645. The molecule has 0 heterocycles. The maximum atomic E-state index is 10.4. The zero-order chi connectivity index (χ0) is 9.14. The number of benzene rings is 1. The van der Waals surface area contributed by atoms with Gasteiger partial charge in [0.15, 0.2) is 6.29 Å². The summed E-state index contributed by atoms with van der Waals surface area (Å²) in [6.07, 6.45) is 0.507. The Morgan fingerprint density at radius 1 is 1.50 bits per heavy atom. The van der Waals surface area contributed by atoms with Gasteiger partial charge in [0, 0.05) is 6.07 Å². The van der Waals surface area contributed by atoms with Crippen molar-refractivity contribution in [2.75, 3.05) is 0 Å². The fourth-order valence-electron chi connectivity index (χ4n) is 0.978. The van der Waals surface area contributed by atoms with E-state index in [-0.39, 0.29) is 11.3 Å². The fourth-order valence-corrected chi connectivity index (χ4v) is 0.978. The molecule has 0 N–H and O–H groups in total. The Hall–Kier alpha value is -1.71. The summed E-state index contributed by atoms with van der Waals surface area (Å²) in [5, 5.41) is 10.4. The van der Waals surface area contributed by atoms with Gasteiger partial charge in [-0.1, -0.05) is 12.1 Å². The van der Waals surface area contributed by atoms with E-state index in [0.29, 0.717) is 11.8 Å². The molecule has 0 saturated carbocycles. The summed E-state index contributed by atoms with van der Waals surface area (Å²) >= 11 is 0. The number of carbonyl (C=O) groups is 1. The first-order valence-corrected chi connectivity index (χ1v) is 3.36. The molecule has 62 valence electrons. The molecule has 0 amide bonds. The second-order valence-corrected chi connectivity index (χ2v) is 2.38. The van der Waals surface area contributed by atoms with E-state index in [0.717, 1.165) is 0 Å². The second-order valence-electron chi connectivity index (χ2n) is 2.38. The van der Waals surface area contributed by atoms with E-state index in [1.54, 1.807) is 19.1 Å². The smallest absolute Gasteiger partial charge is 0.280 e. The van der Waals surface area contributed by atoms with E-state index >= 15 is 0 Å². The van der Waals surface area contributed by atoms with Gasteiger partial charge in [-0.15, -0.1) is 0 Å². The average molecular weight is 165 g/mol. The van der Waals surface area contributed by atoms with Gasteiger partial charge in [0.05, 0.1) is 10.5 Å². The molecule has 1 aromatic carbocycles. The highest BCUT2D eigenvalue weighted by molar-refractivity contribution is 5.83. The van der Waals surface area contributed by atoms with Crippen LogP contribution in [0.25, 0.3) is 0 Å². The number of carbonyl (C=O) groups excluding carboxylic acids is 1. The minimum atomic E-state index is -0.559. The topological polar surface area (TPSA) is 60.2 Å². The molecule has 0 saturated heterocycles. The molecule has 0 fully saturated rings. The predicted octanol–water partition coefficient (Wildman–Crippen LogP) is 1.72. The van der Waals surface area contributed by atoms with Crippen LogP contribution in [0.2, 0.25) is 0 Å². The van der Waals surface area contributed by atoms with E-state index in [2.05, 4.69) is 0 Å². The van der Waals surface area contributed by atoms with Crippen LogP contribution in [0.15, 0.2) is 18.2 Å². The van der Waals surface area contributed by atoms with Crippen molar-refractivity contribution in [1.82, 2.24) is 0 Å². The number of nitro benzene ring substituents is 1. The van der Waals surface area contributed by atoms with Crippen molar-refractivity contribution in [3.05, 3.63) is 39.4 Å². The Morgan fingerprint density at radius 2 is 2.17 bits per heavy atom. The van der Waals surface area contributed by atoms with E-state index in [9.17, 15) is 14.9 Å². The molecule has 0 bridgehead atoms. The molecule has 0 spiro atoms.